The van der Waals surface area contributed by atoms with E-state index in [-0.39, 0.29) is 12.6 Å². The van der Waals surface area contributed by atoms with Gasteiger partial charge in [0, 0.05) is 25.3 Å². The third kappa shape index (κ3) is 35.8. The van der Waals surface area contributed by atoms with Crippen LogP contribution in [0.25, 0.3) is 0 Å². The van der Waals surface area contributed by atoms with Crippen molar-refractivity contribution in [3.8, 4) is 0 Å². The second-order valence-electron chi connectivity index (χ2n) is 16.2. The number of carbonyl (C=O) groups excluding carboxylic acids is 2. The largest absolute Gasteiger partial charge is 0.466 e. The van der Waals surface area contributed by atoms with Crippen molar-refractivity contribution in [3.63, 3.8) is 0 Å². The number of esters is 1. The third-order valence-corrected chi connectivity index (χ3v) is 11.0. The molecule has 0 rings (SSSR count). The maximum Gasteiger partial charge on any atom is 0.305 e. The fourth-order valence-electron chi connectivity index (χ4n) is 7.53. The first-order valence-electron chi connectivity index (χ1n) is 23.0. The van der Waals surface area contributed by atoms with E-state index in [4.69, 9.17) is 4.74 Å². The molecule has 1 N–H and O–H groups in total. The van der Waals surface area contributed by atoms with E-state index in [2.05, 4.69) is 32.6 Å². The Morgan fingerprint density at radius 2 is 0.922 bits per heavy atom. The van der Waals surface area contributed by atoms with E-state index < -0.39 is 0 Å². The van der Waals surface area contributed by atoms with Gasteiger partial charge in [-0.2, -0.15) is 0 Å². The monoisotopic (exact) mass is 722 g/mol. The Morgan fingerprint density at radius 3 is 1.41 bits per heavy atom. The smallest absolute Gasteiger partial charge is 0.305 e. The lowest BCUT2D eigenvalue weighted by Gasteiger charge is -2.21. The Bertz CT molecular complexity index is 712. The van der Waals surface area contributed by atoms with Crippen molar-refractivity contribution < 1.29 is 19.4 Å². The van der Waals surface area contributed by atoms with Gasteiger partial charge in [0.2, 0.25) is 0 Å². The minimum absolute atomic E-state index is 0.0238. The molecule has 0 saturated carbocycles. The molecule has 0 amide bonds. The van der Waals surface area contributed by atoms with Crippen LogP contribution in [0.1, 0.15) is 240 Å². The maximum atomic E-state index is 13.4. The normalized spacial score (nSPS) is 12.3. The number of rotatable bonds is 42. The van der Waals surface area contributed by atoms with Crippen molar-refractivity contribution >= 4 is 11.8 Å². The number of carbonyl (C=O) groups is 2. The topological polar surface area (TPSA) is 66.8 Å². The minimum atomic E-state index is -0.0238. The molecule has 0 spiro atoms. The SMILES string of the molecule is CCCCCCCCCOC(=O)CCCCCCCN(CCO)CCCCCCC(C)CC(=O)C(CCCCCCCC)CCCCCCCC. The summed E-state index contributed by atoms with van der Waals surface area (Å²) in [4.78, 5) is 27.8. The van der Waals surface area contributed by atoms with E-state index in [9.17, 15) is 14.7 Å². The fourth-order valence-corrected chi connectivity index (χ4v) is 7.53. The number of aliphatic hydroxyl groups is 1. The summed E-state index contributed by atoms with van der Waals surface area (Å²) in [6.45, 7) is 12.8. The molecule has 0 fully saturated rings. The predicted octanol–water partition coefficient (Wildman–Crippen LogP) is 13.6. The molecule has 0 aromatic heterocycles. The number of hydrogen-bond donors (Lipinski definition) is 1. The molecule has 0 aliphatic carbocycles. The van der Waals surface area contributed by atoms with Crippen LogP contribution in [0.15, 0.2) is 0 Å². The van der Waals surface area contributed by atoms with E-state index in [1.807, 2.05) is 0 Å². The highest BCUT2D eigenvalue weighted by molar-refractivity contribution is 5.81. The Morgan fingerprint density at radius 1 is 0.510 bits per heavy atom. The first-order valence-corrected chi connectivity index (χ1v) is 23.0. The van der Waals surface area contributed by atoms with Crippen LogP contribution in [0, 0.1) is 11.8 Å². The van der Waals surface area contributed by atoms with Gasteiger partial charge in [-0.1, -0.05) is 188 Å². The van der Waals surface area contributed by atoms with Crippen molar-refractivity contribution in [2.75, 3.05) is 32.8 Å². The minimum Gasteiger partial charge on any atom is -0.466 e. The average Bonchev–Trinajstić information content (AvgIpc) is 3.12. The van der Waals surface area contributed by atoms with E-state index in [0.29, 0.717) is 30.6 Å². The summed E-state index contributed by atoms with van der Waals surface area (Å²) in [7, 11) is 0. The Balaban J connectivity index is 4.05. The number of hydrogen-bond acceptors (Lipinski definition) is 5. The number of ether oxygens (including phenoxy) is 1. The molecule has 0 heterocycles. The van der Waals surface area contributed by atoms with Gasteiger partial charge < -0.3 is 14.7 Å². The van der Waals surface area contributed by atoms with Crippen LogP contribution in [-0.4, -0.2) is 54.6 Å². The lowest BCUT2D eigenvalue weighted by Crippen LogP contribution is -2.29. The predicted molar refractivity (Wildman–Crippen MR) is 222 cm³/mol. The average molecular weight is 722 g/mol. The zero-order valence-corrected chi connectivity index (χ0v) is 35.1. The lowest BCUT2D eigenvalue weighted by atomic mass is 9.85. The molecule has 0 bridgehead atoms. The van der Waals surface area contributed by atoms with Gasteiger partial charge in [0.25, 0.3) is 0 Å². The zero-order chi connectivity index (χ0) is 37.5. The second-order valence-corrected chi connectivity index (χ2v) is 16.2. The Hall–Kier alpha value is -0.940. The molecule has 0 aromatic rings. The molecule has 51 heavy (non-hydrogen) atoms. The van der Waals surface area contributed by atoms with E-state index in [1.54, 1.807) is 0 Å². The molecule has 5 nitrogen and oxygen atoms in total. The van der Waals surface area contributed by atoms with Crippen LogP contribution in [0.2, 0.25) is 0 Å². The second kappa shape index (κ2) is 40.2. The zero-order valence-electron chi connectivity index (χ0n) is 35.1. The maximum absolute atomic E-state index is 13.4. The molecular weight excluding hydrogens is 631 g/mol. The molecule has 1 atom stereocenters. The van der Waals surface area contributed by atoms with Crippen LogP contribution in [0.3, 0.4) is 0 Å². The van der Waals surface area contributed by atoms with Crippen LogP contribution < -0.4 is 0 Å². The van der Waals surface area contributed by atoms with Crippen LogP contribution in [0.4, 0.5) is 0 Å². The van der Waals surface area contributed by atoms with Gasteiger partial charge in [-0.15, -0.1) is 0 Å². The summed E-state index contributed by atoms with van der Waals surface area (Å²) in [5.74, 6) is 1.33. The molecule has 1 unspecified atom stereocenters. The van der Waals surface area contributed by atoms with Crippen LogP contribution >= 0.6 is 0 Å². The summed E-state index contributed by atoms with van der Waals surface area (Å²) < 4.78 is 5.42. The molecule has 5 heteroatoms. The quantitative estimate of drug-likeness (QED) is 0.0502. The van der Waals surface area contributed by atoms with Crippen LogP contribution in [-0.2, 0) is 14.3 Å². The van der Waals surface area contributed by atoms with Gasteiger partial charge in [0.05, 0.1) is 13.2 Å². The third-order valence-electron chi connectivity index (χ3n) is 11.0. The van der Waals surface area contributed by atoms with E-state index in [0.717, 1.165) is 71.0 Å². The fraction of sp³-hybridized carbons (Fsp3) is 0.957. The molecule has 0 radical (unpaired) electrons. The number of unbranched alkanes of at least 4 members (excludes halogenated alkanes) is 23. The van der Waals surface area contributed by atoms with Crippen LogP contribution in [0.5, 0.6) is 0 Å². The van der Waals surface area contributed by atoms with Crippen molar-refractivity contribution in [2.24, 2.45) is 11.8 Å². The molecule has 0 aromatic carbocycles. The number of Topliss-reactive ketones (excluding diaryl/α,β-unsaturated/α-hetero) is 1. The number of ketones is 1. The molecule has 0 aliphatic heterocycles. The summed E-state index contributed by atoms with van der Waals surface area (Å²) in [6, 6.07) is 0. The molecular formula is C46H91NO4. The highest BCUT2D eigenvalue weighted by atomic mass is 16.5. The van der Waals surface area contributed by atoms with Gasteiger partial charge in [0.15, 0.2) is 0 Å². The van der Waals surface area contributed by atoms with E-state index >= 15 is 0 Å². The van der Waals surface area contributed by atoms with Crippen molar-refractivity contribution in [3.05, 3.63) is 0 Å². The summed E-state index contributed by atoms with van der Waals surface area (Å²) in [5, 5.41) is 9.58. The summed E-state index contributed by atoms with van der Waals surface area (Å²) in [6.07, 6.45) is 39.6. The highest BCUT2D eigenvalue weighted by Crippen LogP contribution is 2.25. The van der Waals surface area contributed by atoms with E-state index in [1.165, 1.54) is 154 Å². The van der Waals surface area contributed by atoms with Gasteiger partial charge in [-0.3, -0.25) is 9.59 Å². The van der Waals surface area contributed by atoms with Gasteiger partial charge in [-0.25, -0.2) is 0 Å². The first-order chi connectivity index (χ1) is 25.0. The molecule has 0 saturated heterocycles. The summed E-state index contributed by atoms with van der Waals surface area (Å²) in [5.41, 5.74) is 0. The van der Waals surface area contributed by atoms with Crippen molar-refractivity contribution in [1.29, 1.82) is 0 Å². The molecule has 0 aliphatic rings. The Kier molecular flexibility index (Phi) is 39.5. The Labute approximate surface area is 319 Å². The number of aliphatic hydroxyl groups excluding tert-OH is 1. The van der Waals surface area contributed by atoms with Crippen molar-refractivity contribution in [1.82, 2.24) is 4.90 Å². The number of nitrogens with zero attached hydrogens (tertiary/aromatic N) is 1. The molecule has 304 valence electrons. The summed E-state index contributed by atoms with van der Waals surface area (Å²) >= 11 is 0. The van der Waals surface area contributed by atoms with Gasteiger partial charge >= 0.3 is 5.97 Å². The lowest BCUT2D eigenvalue weighted by molar-refractivity contribution is -0.143. The van der Waals surface area contributed by atoms with Gasteiger partial charge in [-0.05, 0) is 57.5 Å². The highest BCUT2D eigenvalue weighted by Gasteiger charge is 2.20. The first kappa shape index (κ1) is 50.1. The standard InChI is InChI=1S/C46H91NO4/c1-5-8-11-14-17-25-32-41-51-46(50)36-29-21-18-23-30-37-47(39-40-48)38-31-24-22-26-33-43(4)42-45(49)44(34-27-19-15-12-9-6-2)35-28-20-16-13-10-7-3/h43-44,48H,5-42H2,1-4H3. The van der Waals surface area contributed by atoms with Gasteiger partial charge in [0.1, 0.15) is 5.78 Å². The van der Waals surface area contributed by atoms with Crippen molar-refractivity contribution in [2.45, 2.75) is 240 Å².